The third-order valence-electron chi connectivity index (χ3n) is 4.01. The highest BCUT2D eigenvalue weighted by molar-refractivity contribution is 7.89. The van der Waals surface area contributed by atoms with Gasteiger partial charge >= 0.3 is 0 Å². The molecule has 1 aromatic carbocycles. The molecule has 0 amide bonds. The Morgan fingerprint density at radius 3 is 2.43 bits per heavy atom. The second-order valence-electron chi connectivity index (χ2n) is 5.43. The van der Waals surface area contributed by atoms with Crippen molar-refractivity contribution in [3.05, 3.63) is 28.8 Å². The van der Waals surface area contributed by atoms with E-state index in [1.807, 2.05) is 6.07 Å². The van der Waals surface area contributed by atoms with Crippen molar-refractivity contribution >= 4 is 21.6 Å². The van der Waals surface area contributed by atoms with Gasteiger partial charge in [-0.1, -0.05) is 11.6 Å². The molecule has 1 aliphatic heterocycles. The molecule has 0 spiro atoms. The number of nitriles is 1. The molecular weight excluding hydrogens is 310 g/mol. The maximum atomic E-state index is 12.7. The van der Waals surface area contributed by atoms with Gasteiger partial charge in [0.15, 0.2) is 0 Å². The molecule has 0 N–H and O–H groups in total. The van der Waals surface area contributed by atoms with Gasteiger partial charge in [-0.25, -0.2) is 8.42 Å². The van der Waals surface area contributed by atoms with Gasteiger partial charge in [0.25, 0.3) is 0 Å². The summed E-state index contributed by atoms with van der Waals surface area (Å²) in [6.07, 6.45) is 2.45. The van der Waals surface area contributed by atoms with Crippen LogP contribution >= 0.6 is 11.6 Å². The summed E-state index contributed by atoms with van der Waals surface area (Å²) in [6.45, 7) is 2.48. The molecule has 1 saturated heterocycles. The summed E-state index contributed by atoms with van der Waals surface area (Å²) < 4.78 is 26.8. The molecule has 5 nitrogen and oxygen atoms in total. The first-order valence-electron chi connectivity index (χ1n) is 6.96. The molecule has 21 heavy (non-hydrogen) atoms. The molecule has 1 aromatic rings. The van der Waals surface area contributed by atoms with Crippen LogP contribution in [0.2, 0.25) is 5.02 Å². The Bertz CT molecular complexity index is 687. The minimum atomic E-state index is -3.63. The van der Waals surface area contributed by atoms with E-state index in [-0.39, 0.29) is 9.92 Å². The van der Waals surface area contributed by atoms with Crippen LogP contribution in [0.5, 0.6) is 0 Å². The van der Waals surface area contributed by atoms with Crippen molar-refractivity contribution in [3.63, 3.8) is 0 Å². The zero-order valence-electron chi connectivity index (χ0n) is 11.5. The molecule has 0 atom stereocenters. The molecule has 3 rings (SSSR count). The molecule has 0 bridgehead atoms. The van der Waals surface area contributed by atoms with E-state index in [0.717, 1.165) is 13.1 Å². The van der Waals surface area contributed by atoms with Crippen LogP contribution in [0.1, 0.15) is 18.4 Å². The molecule has 2 aliphatic rings. The third kappa shape index (κ3) is 2.92. The van der Waals surface area contributed by atoms with Crippen molar-refractivity contribution in [3.8, 4) is 6.07 Å². The first-order valence-corrected chi connectivity index (χ1v) is 8.78. The molecular formula is C14H16ClN3O2S. The Morgan fingerprint density at radius 2 is 1.86 bits per heavy atom. The molecule has 0 aromatic heterocycles. The van der Waals surface area contributed by atoms with Gasteiger partial charge in [-0.05, 0) is 31.0 Å². The molecule has 1 aliphatic carbocycles. The summed E-state index contributed by atoms with van der Waals surface area (Å²) in [5, 5.41) is 9.09. The van der Waals surface area contributed by atoms with Gasteiger partial charge in [-0.2, -0.15) is 9.57 Å². The largest absolute Gasteiger partial charge is 0.298 e. The summed E-state index contributed by atoms with van der Waals surface area (Å²) in [5.74, 6) is 0. The van der Waals surface area contributed by atoms with E-state index in [1.165, 1.54) is 35.3 Å². The van der Waals surface area contributed by atoms with E-state index in [2.05, 4.69) is 4.90 Å². The van der Waals surface area contributed by atoms with Gasteiger partial charge in [0, 0.05) is 32.2 Å². The van der Waals surface area contributed by atoms with Gasteiger partial charge < -0.3 is 0 Å². The van der Waals surface area contributed by atoms with E-state index in [9.17, 15) is 8.42 Å². The Morgan fingerprint density at radius 1 is 1.19 bits per heavy atom. The third-order valence-corrected chi connectivity index (χ3v) is 6.39. The average molecular weight is 326 g/mol. The normalized spacial score (nSPS) is 21.1. The molecule has 2 fully saturated rings. The van der Waals surface area contributed by atoms with Gasteiger partial charge in [-0.15, -0.1) is 0 Å². The Kier molecular flexibility index (Phi) is 3.93. The number of hydrogen-bond acceptors (Lipinski definition) is 4. The number of sulfonamides is 1. The lowest BCUT2D eigenvalue weighted by Gasteiger charge is -2.34. The van der Waals surface area contributed by atoms with Crippen LogP contribution in [-0.2, 0) is 10.0 Å². The van der Waals surface area contributed by atoms with Crippen molar-refractivity contribution in [1.29, 1.82) is 5.26 Å². The number of rotatable bonds is 3. The first kappa shape index (κ1) is 14.8. The second kappa shape index (κ2) is 5.58. The quantitative estimate of drug-likeness (QED) is 0.848. The average Bonchev–Trinajstić information content (AvgIpc) is 3.32. The van der Waals surface area contributed by atoms with Crippen molar-refractivity contribution < 1.29 is 8.42 Å². The van der Waals surface area contributed by atoms with E-state index in [1.54, 1.807) is 0 Å². The maximum absolute atomic E-state index is 12.7. The van der Waals surface area contributed by atoms with Crippen LogP contribution in [0.15, 0.2) is 23.1 Å². The highest BCUT2D eigenvalue weighted by Crippen LogP contribution is 2.30. The van der Waals surface area contributed by atoms with E-state index >= 15 is 0 Å². The van der Waals surface area contributed by atoms with Crippen LogP contribution in [0.3, 0.4) is 0 Å². The predicted molar refractivity (Wildman–Crippen MR) is 79.5 cm³/mol. The van der Waals surface area contributed by atoms with Crippen LogP contribution in [0.25, 0.3) is 0 Å². The van der Waals surface area contributed by atoms with Gasteiger partial charge in [0.05, 0.1) is 16.7 Å². The first-order chi connectivity index (χ1) is 10.0. The minimum absolute atomic E-state index is 0.0306. The Labute approximate surface area is 129 Å². The van der Waals surface area contributed by atoms with Crippen molar-refractivity contribution in [1.82, 2.24) is 9.21 Å². The highest BCUT2D eigenvalue weighted by atomic mass is 35.5. The van der Waals surface area contributed by atoms with Crippen molar-refractivity contribution in [2.45, 2.75) is 23.8 Å². The number of benzene rings is 1. The fourth-order valence-corrected chi connectivity index (χ4v) is 4.58. The summed E-state index contributed by atoms with van der Waals surface area (Å²) in [7, 11) is -3.63. The summed E-state index contributed by atoms with van der Waals surface area (Å²) >= 11 is 6.02. The molecule has 0 unspecified atom stereocenters. The lowest BCUT2D eigenvalue weighted by Crippen LogP contribution is -2.49. The lowest BCUT2D eigenvalue weighted by molar-refractivity contribution is 0.180. The maximum Gasteiger partial charge on any atom is 0.244 e. The molecule has 112 valence electrons. The minimum Gasteiger partial charge on any atom is -0.298 e. The fourth-order valence-electron chi connectivity index (χ4n) is 2.66. The number of piperazine rings is 1. The molecule has 1 saturated carbocycles. The summed E-state index contributed by atoms with van der Waals surface area (Å²) in [5.41, 5.74) is 0.301. The summed E-state index contributed by atoms with van der Waals surface area (Å²) in [4.78, 5) is 2.38. The molecule has 0 radical (unpaired) electrons. The second-order valence-corrected chi connectivity index (χ2v) is 7.74. The van der Waals surface area contributed by atoms with Gasteiger partial charge in [-0.3, -0.25) is 4.90 Å². The topological polar surface area (TPSA) is 64.4 Å². The van der Waals surface area contributed by atoms with Gasteiger partial charge in [0.1, 0.15) is 4.90 Å². The van der Waals surface area contributed by atoms with Gasteiger partial charge in [0.2, 0.25) is 10.0 Å². The monoisotopic (exact) mass is 325 g/mol. The number of halogens is 1. The van der Waals surface area contributed by atoms with E-state index < -0.39 is 10.0 Å². The van der Waals surface area contributed by atoms with E-state index in [4.69, 9.17) is 16.9 Å². The van der Waals surface area contributed by atoms with Crippen molar-refractivity contribution in [2.75, 3.05) is 26.2 Å². The van der Waals surface area contributed by atoms with Crippen LogP contribution in [-0.4, -0.2) is 49.8 Å². The lowest BCUT2D eigenvalue weighted by atomic mass is 10.2. The smallest absolute Gasteiger partial charge is 0.244 e. The number of nitrogens with zero attached hydrogens (tertiary/aromatic N) is 3. The van der Waals surface area contributed by atoms with Crippen LogP contribution in [0, 0.1) is 11.3 Å². The van der Waals surface area contributed by atoms with Crippen LogP contribution < -0.4 is 0 Å². The zero-order valence-corrected chi connectivity index (χ0v) is 13.1. The number of hydrogen-bond donors (Lipinski definition) is 0. The molecule has 1 heterocycles. The van der Waals surface area contributed by atoms with Crippen molar-refractivity contribution in [2.24, 2.45) is 0 Å². The SMILES string of the molecule is N#Cc1ccc(Cl)c(S(=O)(=O)N2CCN(C3CC3)CC2)c1. The van der Waals surface area contributed by atoms with E-state index in [0.29, 0.717) is 24.7 Å². The predicted octanol–water partition coefficient (Wildman–Crippen LogP) is 1.68. The highest BCUT2D eigenvalue weighted by Gasteiger charge is 2.35. The Balaban J connectivity index is 1.82. The zero-order chi connectivity index (χ0) is 15.0. The molecule has 7 heteroatoms. The fraction of sp³-hybridized carbons (Fsp3) is 0.500. The standard InChI is InChI=1S/C14H16ClN3O2S/c15-13-4-1-11(10-16)9-14(13)21(19,20)18-7-5-17(6-8-18)12-2-3-12/h1,4,9,12H,2-3,5-8H2. The Hall–Kier alpha value is -1.13. The summed E-state index contributed by atoms with van der Waals surface area (Å²) in [6, 6.07) is 6.94. The van der Waals surface area contributed by atoms with Crippen LogP contribution in [0.4, 0.5) is 0 Å².